The summed E-state index contributed by atoms with van der Waals surface area (Å²) in [6.45, 7) is 2.29. The molecule has 25 heavy (non-hydrogen) atoms. The Morgan fingerprint density at radius 3 is 2.92 bits per heavy atom. The number of ether oxygens (including phenoxy) is 2. The average molecular weight is 341 g/mol. The fourth-order valence-corrected chi connectivity index (χ4v) is 2.80. The second-order valence-corrected chi connectivity index (χ2v) is 6.28. The quantitative estimate of drug-likeness (QED) is 0.846. The second-order valence-electron chi connectivity index (χ2n) is 6.28. The highest BCUT2D eigenvalue weighted by atomic mass is 16.5. The first-order valence-corrected chi connectivity index (χ1v) is 8.51. The number of carbonyl (C=O) groups excluding carboxylic acids is 1. The highest BCUT2D eigenvalue weighted by molar-refractivity contribution is 5.81. The number of aliphatic hydroxyl groups excluding tert-OH is 1. The number of aliphatic hydroxyl groups is 1. The number of fused-ring (bicyclic) bond motifs is 1. The summed E-state index contributed by atoms with van der Waals surface area (Å²) in [7, 11) is 0. The molecular formula is C20H23NO4. The van der Waals surface area contributed by atoms with Gasteiger partial charge in [-0.3, -0.25) is 4.79 Å². The van der Waals surface area contributed by atoms with Gasteiger partial charge in [0.1, 0.15) is 24.2 Å². The van der Waals surface area contributed by atoms with Crippen LogP contribution >= 0.6 is 0 Å². The first-order chi connectivity index (χ1) is 12.1. The summed E-state index contributed by atoms with van der Waals surface area (Å²) < 4.78 is 11.3. The van der Waals surface area contributed by atoms with Crippen LogP contribution in [-0.2, 0) is 11.2 Å². The van der Waals surface area contributed by atoms with Crippen LogP contribution in [0.25, 0.3) is 0 Å². The summed E-state index contributed by atoms with van der Waals surface area (Å²) >= 11 is 0. The van der Waals surface area contributed by atoms with Crippen LogP contribution in [0.15, 0.2) is 48.5 Å². The molecular weight excluding hydrogens is 318 g/mol. The van der Waals surface area contributed by atoms with Crippen molar-refractivity contribution in [3.05, 3.63) is 59.7 Å². The first kappa shape index (κ1) is 17.3. The van der Waals surface area contributed by atoms with Crippen molar-refractivity contribution >= 4 is 5.91 Å². The molecule has 0 spiro atoms. The van der Waals surface area contributed by atoms with Gasteiger partial charge in [-0.2, -0.15) is 0 Å². The zero-order valence-corrected chi connectivity index (χ0v) is 14.3. The third-order valence-electron chi connectivity index (χ3n) is 4.15. The molecule has 2 aromatic carbocycles. The number of nitrogens with one attached hydrogen (secondary N) is 1. The number of amides is 1. The van der Waals surface area contributed by atoms with Crippen molar-refractivity contribution in [1.82, 2.24) is 5.32 Å². The average Bonchev–Trinajstić information content (AvgIpc) is 2.64. The predicted molar refractivity (Wildman–Crippen MR) is 94.9 cm³/mol. The highest BCUT2D eigenvalue weighted by Gasteiger charge is 2.26. The van der Waals surface area contributed by atoms with Crippen molar-refractivity contribution in [2.45, 2.75) is 32.0 Å². The van der Waals surface area contributed by atoms with E-state index < -0.39 is 12.2 Å². The molecule has 2 N–H and O–H groups in total. The van der Waals surface area contributed by atoms with E-state index in [9.17, 15) is 9.90 Å². The lowest BCUT2D eigenvalue weighted by atomic mass is 10.00. The van der Waals surface area contributed by atoms with Gasteiger partial charge in [-0.05, 0) is 43.5 Å². The van der Waals surface area contributed by atoms with E-state index in [1.807, 2.05) is 49.4 Å². The van der Waals surface area contributed by atoms with E-state index in [-0.39, 0.29) is 19.1 Å². The van der Waals surface area contributed by atoms with Crippen LogP contribution in [0, 0.1) is 6.92 Å². The van der Waals surface area contributed by atoms with Crippen molar-refractivity contribution < 1.29 is 19.4 Å². The van der Waals surface area contributed by atoms with Gasteiger partial charge in [-0.25, -0.2) is 0 Å². The van der Waals surface area contributed by atoms with Gasteiger partial charge in [0.25, 0.3) is 5.91 Å². The van der Waals surface area contributed by atoms with Crippen LogP contribution in [0.4, 0.5) is 0 Å². The Labute approximate surface area is 147 Å². The van der Waals surface area contributed by atoms with E-state index in [1.54, 1.807) is 0 Å². The third kappa shape index (κ3) is 4.73. The van der Waals surface area contributed by atoms with Crippen LogP contribution in [-0.4, -0.2) is 36.4 Å². The summed E-state index contributed by atoms with van der Waals surface area (Å²) in [4.78, 5) is 12.3. The summed E-state index contributed by atoms with van der Waals surface area (Å²) in [5, 5.41) is 12.7. The fourth-order valence-electron chi connectivity index (χ4n) is 2.80. The minimum atomic E-state index is -0.775. The van der Waals surface area contributed by atoms with E-state index in [4.69, 9.17) is 9.47 Å². The van der Waals surface area contributed by atoms with Gasteiger partial charge < -0.3 is 19.9 Å². The van der Waals surface area contributed by atoms with Crippen molar-refractivity contribution in [2.24, 2.45) is 0 Å². The first-order valence-electron chi connectivity index (χ1n) is 8.51. The molecule has 0 saturated carbocycles. The van der Waals surface area contributed by atoms with E-state index >= 15 is 0 Å². The van der Waals surface area contributed by atoms with E-state index in [2.05, 4.69) is 11.4 Å². The smallest absolute Gasteiger partial charge is 0.261 e. The monoisotopic (exact) mass is 341 g/mol. The molecule has 1 aliphatic rings. The lowest BCUT2D eigenvalue weighted by Gasteiger charge is -2.26. The minimum Gasteiger partial charge on any atom is -0.491 e. The Bertz CT molecular complexity index is 717. The molecule has 132 valence electrons. The molecule has 0 aromatic heterocycles. The maximum atomic E-state index is 12.3. The number of carbonyl (C=O) groups is 1. The number of benzene rings is 2. The van der Waals surface area contributed by atoms with Gasteiger partial charge in [0.15, 0.2) is 6.10 Å². The molecule has 1 aliphatic heterocycles. The van der Waals surface area contributed by atoms with Crippen LogP contribution in [0.1, 0.15) is 17.5 Å². The lowest BCUT2D eigenvalue weighted by Crippen LogP contribution is -2.44. The Kier molecular flexibility index (Phi) is 5.56. The second kappa shape index (κ2) is 8.03. The van der Waals surface area contributed by atoms with Crippen LogP contribution in [0.3, 0.4) is 0 Å². The molecule has 2 atom stereocenters. The molecule has 0 saturated heterocycles. The summed E-state index contributed by atoms with van der Waals surface area (Å²) in [5.74, 6) is 1.25. The maximum absolute atomic E-state index is 12.3. The molecule has 5 heteroatoms. The number of aryl methyl sites for hydroxylation is 2. The summed E-state index contributed by atoms with van der Waals surface area (Å²) in [6, 6.07) is 15.2. The standard InChI is InChI=1S/C20H23NO4/c1-14-7-9-18-15(11-14)8-10-19(25-18)20(23)21-12-16(22)13-24-17-5-3-2-4-6-17/h2-7,9,11,16,19,22H,8,10,12-13H2,1H3,(H,21,23). The third-order valence-corrected chi connectivity index (χ3v) is 4.15. The topological polar surface area (TPSA) is 67.8 Å². The Hall–Kier alpha value is -2.53. The molecule has 0 bridgehead atoms. The summed E-state index contributed by atoms with van der Waals surface area (Å²) in [5.41, 5.74) is 2.33. The summed E-state index contributed by atoms with van der Waals surface area (Å²) in [6.07, 6.45) is 0.161. The van der Waals surface area contributed by atoms with Crippen LogP contribution in [0.5, 0.6) is 11.5 Å². The zero-order valence-electron chi connectivity index (χ0n) is 14.3. The van der Waals surface area contributed by atoms with Gasteiger partial charge in [-0.1, -0.05) is 35.9 Å². The lowest BCUT2D eigenvalue weighted by molar-refractivity contribution is -0.129. The maximum Gasteiger partial charge on any atom is 0.261 e. The molecule has 1 amide bonds. The number of hydrogen-bond donors (Lipinski definition) is 2. The molecule has 2 unspecified atom stereocenters. The van der Waals surface area contributed by atoms with Gasteiger partial charge in [0.05, 0.1) is 0 Å². The highest BCUT2D eigenvalue weighted by Crippen LogP contribution is 2.28. The van der Waals surface area contributed by atoms with Crippen LogP contribution in [0.2, 0.25) is 0 Å². The zero-order chi connectivity index (χ0) is 17.6. The number of hydrogen-bond acceptors (Lipinski definition) is 4. The van der Waals surface area contributed by atoms with E-state index in [0.717, 1.165) is 17.7 Å². The SMILES string of the molecule is Cc1ccc2c(c1)CCC(C(=O)NCC(O)COc1ccccc1)O2. The molecule has 3 rings (SSSR count). The van der Waals surface area contributed by atoms with Crippen molar-refractivity contribution in [2.75, 3.05) is 13.2 Å². The predicted octanol–water partition coefficient (Wildman–Crippen LogP) is 2.24. The van der Waals surface area contributed by atoms with Gasteiger partial charge in [0.2, 0.25) is 0 Å². The van der Waals surface area contributed by atoms with Crippen LogP contribution < -0.4 is 14.8 Å². The molecule has 2 aromatic rings. The number of para-hydroxylation sites is 1. The molecule has 0 radical (unpaired) electrons. The van der Waals surface area contributed by atoms with Gasteiger partial charge in [-0.15, -0.1) is 0 Å². The molecule has 1 heterocycles. The van der Waals surface area contributed by atoms with E-state index in [0.29, 0.717) is 12.2 Å². The Balaban J connectivity index is 1.44. The Morgan fingerprint density at radius 2 is 2.12 bits per heavy atom. The van der Waals surface area contributed by atoms with Gasteiger partial charge in [0, 0.05) is 6.54 Å². The molecule has 5 nitrogen and oxygen atoms in total. The Morgan fingerprint density at radius 1 is 1.32 bits per heavy atom. The van der Waals surface area contributed by atoms with Gasteiger partial charge >= 0.3 is 0 Å². The normalized spacial score (nSPS) is 17.1. The fraction of sp³-hybridized carbons (Fsp3) is 0.350. The van der Waals surface area contributed by atoms with Crippen molar-refractivity contribution in [3.8, 4) is 11.5 Å². The molecule has 0 aliphatic carbocycles. The van der Waals surface area contributed by atoms with Crippen molar-refractivity contribution in [3.63, 3.8) is 0 Å². The van der Waals surface area contributed by atoms with Crippen molar-refractivity contribution in [1.29, 1.82) is 0 Å². The largest absolute Gasteiger partial charge is 0.491 e. The van der Waals surface area contributed by atoms with E-state index in [1.165, 1.54) is 5.56 Å². The number of rotatable bonds is 6. The minimum absolute atomic E-state index is 0.123. The molecule has 0 fully saturated rings.